The zero-order valence-electron chi connectivity index (χ0n) is 21.5. The van der Waals surface area contributed by atoms with Gasteiger partial charge in [-0.05, 0) is 52.0 Å². The molecule has 3 heterocycles. The van der Waals surface area contributed by atoms with Gasteiger partial charge in [-0.15, -0.1) is 0 Å². The largest absolute Gasteiger partial charge is 0.394 e. The molecule has 0 radical (unpaired) electrons. The first-order chi connectivity index (χ1) is 16.5. The number of benzene rings is 1. The van der Waals surface area contributed by atoms with Crippen molar-refractivity contribution in [2.45, 2.75) is 89.1 Å². The zero-order valence-corrected chi connectivity index (χ0v) is 21.5. The lowest BCUT2D eigenvalue weighted by Gasteiger charge is -2.38. The van der Waals surface area contributed by atoms with Crippen LogP contribution in [0.25, 0.3) is 0 Å². The molecule has 4 rings (SSSR count). The summed E-state index contributed by atoms with van der Waals surface area (Å²) in [7, 11) is 0. The number of aliphatic hydroxyl groups excluding tert-OH is 1. The van der Waals surface area contributed by atoms with Gasteiger partial charge in [0.1, 0.15) is 11.6 Å². The van der Waals surface area contributed by atoms with Crippen molar-refractivity contribution in [2.24, 2.45) is 11.8 Å². The van der Waals surface area contributed by atoms with Crippen LogP contribution < -0.4 is 10.6 Å². The Bertz CT molecular complexity index is 977. The molecule has 1 spiro atoms. The topological polar surface area (TPSA) is 108 Å². The SMILES string of the molecule is CCCNC(=O)[C@H]1[C@H]2C(=O)N([C@H](CO)c3ccccc3)C(C(=O)NC(C)(C)C)C23CC[C@]1(CC)O3. The second kappa shape index (κ2) is 9.21. The molecule has 2 unspecified atom stereocenters. The normalized spacial score (nSPS) is 32.5. The maximum atomic E-state index is 14.2. The van der Waals surface area contributed by atoms with Crippen LogP contribution >= 0.6 is 0 Å². The number of carbonyl (C=O) groups excluding carboxylic acids is 3. The Morgan fingerprint density at radius 3 is 2.43 bits per heavy atom. The van der Waals surface area contributed by atoms with Gasteiger partial charge in [0, 0.05) is 12.1 Å². The smallest absolute Gasteiger partial charge is 0.246 e. The summed E-state index contributed by atoms with van der Waals surface area (Å²) in [6.45, 7) is 9.81. The third-order valence-corrected chi connectivity index (χ3v) is 7.89. The third kappa shape index (κ3) is 4.04. The van der Waals surface area contributed by atoms with Gasteiger partial charge in [0.15, 0.2) is 0 Å². The quantitative estimate of drug-likeness (QED) is 0.524. The van der Waals surface area contributed by atoms with Crippen molar-refractivity contribution >= 4 is 17.7 Å². The van der Waals surface area contributed by atoms with Crippen molar-refractivity contribution in [2.75, 3.05) is 13.2 Å². The van der Waals surface area contributed by atoms with Crippen LogP contribution in [0.2, 0.25) is 0 Å². The van der Waals surface area contributed by atoms with Gasteiger partial charge in [-0.25, -0.2) is 0 Å². The fraction of sp³-hybridized carbons (Fsp3) is 0.667. The number of amides is 3. The molecule has 8 heteroatoms. The Labute approximate surface area is 207 Å². The van der Waals surface area contributed by atoms with Crippen LogP contribution in [0, 0.1) is 11.8 Å². The third-order valence-electron chi connectivity index (χ3n) is 7.89. The standard InChI is InChI=1S/C27H39N3O5/c1-6-15-28-22(32)19-20-24(34)30(18(16-31)17-11-9-8-10-12-17)21(23(33)29-25(3,4)5)27(20)14-13-26(19,7-2)35-27/h8-12,18-21,31H,6-7,13-16H2,1-5H3,(H,28,32)(H,29,33)/t18-,19-,20+,21?,26+,27?/m1/s1. The summed E-state index contributed by atoms with van der Waals surface area (Å²) in [6.07, 6.45) is 2.49. The summed E-state index contributed by atoms with van der Waals surface area (Å²) in [6, 6.07) is 7.57. The monoisotopic (exact) mass is 485 g/mol. The highest BCUT2D eigenvalue weighted by Crippen LogP contribution is 2.65. The summed E-state index contributed by atoms with van der Waals surface area (Å²) < 4.78 is 6.75. The van der Waals surface area contributed by atoms with Crippen LogP contribution in [0.1, 0.15) is 71.9 Å². The summed E-state index contributed by atoms with van der Waals surface area (Å²) >= 11 is 0. The number of hydrogen-bond acceptors (Lipinski definition) is 5. The predicted molar refractivity (Wildman–Crippen MR) is 131 cm³/mol. The van der Waals surface area contributed by atoms with Crippen molar-refractivity contribution in [1.29, 1.82) is 0 Å². The van der Waals surface area contributed by atoms with E-state index in [0.29, 0.717) is 25.8 Å². The van der Waals surface area contributed by atoms with E-state index in [1.54, 1.807) is 0 Å². The van der Waals surface area contributed by atoms with Crippen molar-refractivity contribution in [3.63, 3.8) is 0 Å². The number of nitrogens with one attached hydrogen (secondary N) is 2. The first-order valence-electron chi connectivity index (χ1n) is 12.8. The second-order valence-electron chi connectivity index (χ2n) is 11.2. The predicted octanol–water partition coefficient (Wildman–Crippen LogP) is 2.32. The lowest BCUT2D eigenvalue weighted by atomic mass is 9.65. The Morgan fingerprint density at radius 1 is 1.17 bits per heavy atom. The number of nitrogens with zero attached hydrogens (tertiary/aromatic N) is 1. The van der Waals surface area contributed by atoms with Gasteiger partial charge in [0.2, 0.25) is 17.7 Å². The maximum absolute atomic E-state index is 14.2. The number of ether oxygens (including phenoxy) is 1. The summed E-state index contributed by atoms with van der Waals surface area (Å²) in [5, 5.41) is 16.5. The van der Waals surface area contributed by atoms with Crippen molar-refractivity contribution in [1.82, 2.24) is 15.5 Å². The van der Waals surface area contributed by atoms with E-state index in [0.717, 1.165) is 12.0 Å². The fourth-order valence-corrected chi connectivity index (χ4v) is 6.51. The van der Waals surface area contributed by atoms with E-state index in [1.165, 1.54) is 4.90 Å². The number of hydrogen-bond donors (Lipinski definition) is 3. The van der Waals surface area contributed by atoms with E-state index in [4.69, 9.17) is 4.74 Å². The minimum Gasteiger partial charge on any atom is -0.394 e. The van der Waals surface area contributed by atoms with Gasteiger partial charge in [-0.2, -0.15) is 0 Å². The van der Waals surface area contributed by atoms with Crippen LogP contribution in [0.4, 0.5) is 0 Å². The highest BCUT2D eigenvalue weighted by molar-refractivity contribution is 5.99. The zero-order chi connectivity index (χ0) is 25.6. The van der Waals surface area contributed by atoms with E-state index < -0.39 is 40.7 Å². The molecule has 1 aromatic carbocycles. The Kier molecular flexibility index (Phi) is 6.74. The van der Waals surface area contributed by atoms with E-state index in [-0.39, 0.29) is 24.3 Å². The molecular formula is C27H39N3O5. The molecule has 0 aliphatic carbocycles. The maximum Gasteiger partial charge on any atom is 0.246 e. The van der Waals surface area contributed by atoms with Crippen molar-refractivity contribution in [3.8, 4) is 0 Å². The second-order valence-corrected chi connectivity index (χ2v) is 11.2. The average Bonchev–Trinajstić information content (AvgIpc) is 3.42. The molecule has 0 aromatic heterocycles. The van der Waals surface area contributed by atoms with Crippen LogP contribution in [-0.2, 0) is 19.1 Å². The average molecular weight is 486 g/mol. The molecule has 3 aliphatic heterocycles. The highest BCUT2D eigenvalue weighted by atomic mass is 16.5. The van der Waals surface area contributed by atoms with Crippen molar-refractivity contribution < 1.29 is 24.2 Å². The minimum absolute atomic E-state index is 0.189. The van der Waals surface area contributed by atoms with Gasteiger partial charge in [0.25, 0.3) is 0 Å². The van der Waals surface area contributed by atoms with Crippen LogP contribution in [0.3, 0.4) is 0 Å². The first-order valence-corrected chi connectivity index (χ1v) is 12.8. The molecule has 6 atom stereocenters. The number of fused-ring (bicyclic) bond motifs is 1. The molecule has 3 saturated heterocycles. The van der Waals surface area contributed by atoms with Gasteiger partial charge < -0.3 is 25.4 Å². The van der Waals surface area contributed by atoms with Crippen LogP contribution in [0.5, 0.6) is 0 Å². The van der Waals surface area contributed by atoms with E-state index in [2.05, 4.69) is 10.6 Å². The van der Waals surface area contributed by atoms with Gasteiger partial charge in [0.05, 0.1) is 30.1 Å². The molecule has 192 valence electrons. The molecule has 3 N–H and O–H groups in total. The van der Waals surface area contributed by atoms with E-state index >= 15 is 0 Å². The summed E-state index contributed by atoms with van der Waals surface area (Å²) in [5.41, 5.74) is -1.68. The lowest BCUT2D eigenvalue weighted by Crippen LogP contribution is -2.59. The Balaban J connectivity index is 1.84. The van der Waals surface area contributed by atoms with E-state index in [1.807, 2.05) is 65.0 Å². The lowest BCUT2D eigenvalue weighted by molar-refractivity contribution is -0.151. The van der Waals surface area contributed by atoms with Gasteiger partial charge in [-0.1, -0.05) is 44.2 Å². The molecule has 1 aromatic rings. The number of aliphatic hydroxyl groups is 1. The first kappa shape index (κ1) is 25.6. The highest BCUT2D eigenvalue weighted by Gasteiger charge is 2.79. The molecule has 8 nitrogen and oxygen atoms in total. The molecule has 2 bridgehead atoms. The molecular weight excluding hydrogens is 446 g/mol. The summed E-state index contributed by atoms with van der Waals surface area (Å²) in [5.74, 6) is -2.25. The number of likely N-dealkylation sites (tertiary alicyclic amines) is 1. The van der Waals surface area contributed by atoms with E-state index in [9.17, 15) is 19.5 Å². The fourth-order valence-electron chi connectivity index (χ4n) is 6.51. The van der Waals surface area contributed by atoms with Crippen molar-refractivity contribution in [3.05, 3.63) is 35.9 Å². The number of rotatable bonds is 8. The molecule has 3 amide bonds. The molecule has 35 heavy (non-hydrogen) atoms. The van der Waals surface area contributed by atoms with Crippen LogP contribution in [-0.4, -0.2) is 63.7 Å². The molecule has 3 aliphatic rings. The molecule has 3 fully saturated rings. The minimum atomic E-state index is -1.11. The molecule has 0 saturated carbocycles. The Morgan fingerprint density at radius 2 is 1.86 bits per heavy atom. The summed E-state index contributed by atoms with van der Waals surface area (Å²) in [4.78, 5) is 43.1. The van der Waals surface area contributed by atoms with Gasteiger partial charge >= 0.3 is 0 Å². The van der Waals surface area contributed by atoms with Gasteiger partial charge in [-0.3, -0.25) is 14.4 Å². The number of carbonyl (C=O) groups is 3. The van der Waals surface area contributed by atoms with Crippen LogP contribution in [0.15, 0.2) is 30.3 Å². The Hall–Kier alpha value is -2.45.